The van der Waals surface area contributed by atoms with Crippen LogP contribution in [0.25, 0.3) is 0 Å². The van der Waals surface area contributed by atoms with Crippen molar-refractivity contribution in [1.29, 1.82) is 0 Å². The SMILES string of the molecule is C[C@H](NCc1cc(Cl)ccc1[N+](=O)[O-])C(=O)O. The summed E-state index contributed by atoms with van der Waals surface area (Å²) in [5.41, 5.74) is 0.273. The lowest BCUT2D eigenvalue weighted by molar-refractivity contribution is -0.385. The summed E-state index contributed by atoms with van der Waals surface area (Å²) in [6.45, 7) is 1.53. The van der Waals surface area contributed by atoms with E-state index in [1.807, 2.05) is 0 Å². The van der Waals surface area contributed by atoms with Crippen molar-refractivity contribution in [2.45, 2.75) is 19.5 Å². The van der Waals surface area contributed by atoms with Gasteiger partial charge in [0.25, 0.3) is 5.69 Å². The van der Waals surface area contributed by atoms with Gasteiger partial charge in [-0.2, -0.15) is 0 Å². The molecule has 0 amide bonds. The number of nitro groups is 1. The number of carboxylic acids is 1. The fraction of sp³-hybridized carbons (Fsp3) is 0.300. The van der Waals surface area contributed by atoms with E-state index in [2.05, 4.69) is 5.32 Å². The third kappa shape index (κ3) is 3.69. The number of nitrogens with one attached hydrogen (secondary N) is 1. The van der Waals surface area contributed by atoms with Crippen molar-refractivity contribution in [1.82, 2.24) is 5.32 Å². The Morgan fingerprint density at radius 3 is 2.82 bits per heavy atom. The van der Waals surface area contributed by atoms with Gasteiger partial charge in [0.2, 0.25) is 0 Å². The molecule has 0 saturated heterocycles. The number of hydrogen-bond acceptors (Lipinski definition) is 4. The number of aliphatic carboxylic acids is 1. The van der Waals surface area contributed by atoms with Crippen LogP contribution in [0.1, 0.15) is 12.5 Å². The number of nitro benzene ring substituents is 1. The van der Waals surface area contributed by atoms with E-state index in [1.165, 1.54) is 25.1 Å². The number of benzene rings is 1. The van der Waals surface area contributed by atoms with Crippen LogP contribution in [-0.2, 0) is 11.3 Å². The molecule has 0 heterocycles. The third-order valence-electron chi connectivity index (χ3n) is 2.21. The zero-order valence-electron chi connectivity index (χ0n) is 9.01. The molecule has 2 N–H and O–H groups in total. The molecule has 0 aromatic heterocycles. The van der Waals surface area contributed by atoms with Crippen molar-refractivity contribution in [3.63, 3.8) is 0 Å². The Balaban J connectivity index is 2.85. The van der Waals surface area contributed by atoms with Gasteiger partial charge < -0.3 is 10.4 Å². The summed E-state index contributed by atoms with van der Waals surface area (Å²) >= 11 is 5.73. The van der Waals surface area contributed by atoms with Gasteiger partial charge in [0.1, 0.15) is 6.04 Å². The lowest BCUT2D eigenvalue weighted by Crippen LogP contribution is -2.33. The summed E-state index contributed by atoms with van der Waals surface area (Å²) in [5.74, 6) is -1.02. The largest absolute Gasteiger partial charge is 0.480 e. The van der Waals surface area contributed by atoms with Crippen molar-refractivity contribution in [3.8, 4) is 0 Å². The standard InChI is InChI=1S/C10H11ClN2O4/c1-6(10(14)15)12-5-7-4-8(11)2-3-9(7)13(16)17/h2-4,6,12H,5H2,1H3,(H,14,15)/t6-/m0/s1. The van der Waals surface area contributed by atoms with Crippen LogP contribution in [0.3, 0.4) is 0 Å². The van der Waals surface area contributed by atoms with Gasteiger partial charge in [0.15, 0.2) is 0 Å². The van der Waals surface area contributed by atoms with Crippen LogP contribution in [0, 0.1) is 10.1 Å². The molecule has 1 aromatic carbocycles. The van der Waals surface area contributed by atoms with E-state index >= 15 is 0 Å². The summed E-state index contributed by atoms with van der Waals surface area (Å²) < 4.78 is 0. The first-order chi connectivity index (χ1) is 7.91. The van der Waals surface area contributed by atoms with Crippen molar-refractivity contribution < 1.29 is 14.8 Å². The van der Waals surface area contributed by atoms with Gasteiger partial charge in [-0.1, -0.05) is 11.6 Å². The fourth-order valence-electron chi connectivity index (χ4n) is 1.22. The lowest BCUT2D eigenvalue weighted by atomic mass is 10.1. The Morgan fingerprint density at radius 2 is 2.29 bits per heavy atom. The quantitative estimate of drug-likeness (QED) is 0.621. The minimum Gasteiger partial charge on any atom is -0.480 e. The van der Waals surface area contributed by atoms with Crippen molar-refractivity contribution in [3.05, 3.63) is 38.9 Å². The first kappa shape index (κ1) is 13.4. The van der Waals surface area contributed by atoms with E-state index in [0.717, 1.165) is 0 Å². The number of carboxylic acid groups (broad SMARTS) is 1. The van der Waals surface area contributed by atoms with E-state index < -0.39 is 16.9 Å². The maximum Gasteiger partial charge on any atom is 0.320 e. The second-order valence-corrected chi connectivity index (χ2v) is 3.91. The van der Waals surface area contributed by atoms with Crippen LogP contribution in [0.4, 0.5) is 5.69 Å². The Morgan fingerprint density at radius 1 is 1.65 bits per heavy atom. The Labute approximate surface area is 102 Å². The van der Waals surface area contributed by atoms with Crippen molar-refractivity contribution in [2.24, 2.45) is 0 Å². The summed E-state index contributed by atoms with van der Waals surface area (Å²) in [7, 11) is 0. The summed E-state index contributed by atoms with van der Waals surface area (Å²) in [4.78, 5) is 20.8. The van der Waals surface area contributed by atoms with E-state index in [1.54, 1.807) is 0 Å². The zero-order valence-corrected chi connectivity index (χ0v) is 9.77. The van der Waals surface area contributed by atoms with Gasteiger partial charge in [0.05, 0.1) is 4.92 Å². The number of rotatable bonds is 5. The highest BCUT2D eigenvalue weighted by Gasteiger charge is 2.16. The molecule has 0 aliphatic carbocycles. The predicted octanol–water partition coefficient (Wildman–Crippen LogP) is 1.81. The number of carbonyl (C=O) groups is 1. The molecule has 0 radical (unpaired) electrons. The van der Waals surface area contributed by atoms with Gasteiger partial charge in [-0.25, -0.2) is 0 Å². The highest BCUT2D eigenvalue weighted by Crippen LogP contribution is 2.22. The number of halogens is 1. The topological polar surface area (TPSA) is 92.5 Å². The molecule has 0 unspecified atom stereocenters. The average molecular weight is 259 g/mol. The van der Waals surface area contributed by atoms with Gasteiger partial charge in [0, 0.05) is 23.2 Å². The van der Waals surface area contributed by atoms with Gasteiger partial charge in [-0.05, 0) is 19.1 Å². The summed E-state index contributed by atoms with van der Waals surface area (Å²) in [6, 6.07) is 3.38. The number of nitrogens with zero attached hydrogens (tertiary/aromatic N) is 1. The normalized spacial score (nSPS) is 12.1. The van der Waals surface area contributed by atoms with Crippen LogP contribution in [-0.4, -0.2) is 22.0 Å². The minimum atomic E-state index is -1.02. The molecule has 1 atom stereocenters. The molecule has 0 fully saturated rings. The first-order valence-corrected chi connectivity index (χ1v) is 5.18. The van der Waals surface area contributed by atoms with Gasteiger partial charge >= 0.3 is 5.97 Å². The molecular weight excluding hydrogens is 248 g/mol. The van der Waals surface area contributed by atoms with Crippen LogP contribution in [0.15, 0.2) is 18.2 Å². The Bertz CT molecular complexity index is 450. The average Bonchev–Trinajstić information content (AvgIpc) is 2.25. The highest BCUT2D eigenvalue weighted by atomic mass is 35.5. The predicted molar refractivity (Wildman–Crippen MR) is 62.0 cm³/mol. The van der Waals surface area contributed by atoms with E-state index in [-0.39, 0.29) is 12.2 Å². The van der Waals surface area contributed by atoms with Crippen LogP contribution < -0.4 is 5.32 Å². The lowest BCUT2D eigenvalue weighted by Gasteiger charge is -2.09. The van der Waals surface area contributed by atoms with Gasteiger partial charge in [-0.15, -0.1) is 0 Å². The molecule has 6 nitrogen and oxygen atoms in total. The molecule has 0 bridgehead atoms. The monoisotopic (exact) mass is 258 g/mol. The number of hydrogen-bond donors (Lipinski definition) is 2. The maximum absolute atomic E-state index is 10.7. The van der Waals surface area contributed by atoms with E-state index in [4.69, 9.17) is 16.7 Å². The molecule has 0 aliphatic heterocycles. The second-order valence-electron chi connectivity index (χ2n) is 3.47. The van der Waals surface area contributed by atoms with Crippen molar-refractivity contribution >= 4 is 23.3 Å². The molecule has 0 saturated carbocycles. The first-order valence-electron chi connectivity index (χ1n) is 4.81. The Hall–Kier alpha value is -1.66. The molecule has 92 valence electrons. The fourth-order valence-corrected chi connectivity index (χ4v) is 1.42. The van der Waals surface area contributed by atoms with E-state index in [0.29, 0.717) is 10.6 Å². The molecular formula is C10H11ClN2O4. The molecule has 0 aliphatic rings. The van der Waals surface area contributed by atoms with Crippen LogP contribution >= 0.6 is 11.6 Å². The molecule has 0 spiro atoms. The Kier molecular flexibility index (Phi) is 4.42. The maximum atomic E-state index is 10.7. The molecule has 7 heteroatoms. The highest BCUT2D eigenvalue weighted by molar-refractivity contribution is 6.30. The summed E-state index contributed by atoms with van der Waals surface area (Å²) in [6.07, 6.45) is 0. The van der Waals surface area contributed by atoms with Crippen LogP contribution in [0.5, 0.6) is 0 Å². The minimum absolute atomic E-state index is 0.0737. The molecule has 17 heavy (non-hydrogen) atoms. The van der Waals surface area contributed by atoms with Gasteiger partial charge in [-0.3, -0.25) is 14.9 Å². The van der Waals surface area contributed by atoms with Crippen molar-refractivity contribution in [2.75, 3.05) is 0 Å². The smallest absolute Gasteiger partial charge is 0.320 e. The van der Waals surface area contributed by atoms with E-state index in [9.17, 15) is 14.9 Å². The zero-order chi connectivity index (χ0) is 13.0. The molecule has 1 rings (SSSR count). The second kappa shape index (κ2) is 5.60. The third-order valence-corrected chi connectivity index (χ3v) is 2.44. The molecule has 1 aromatic rings. The summed E-state index contributed by atoms with van der Waals surface area (Å²) in [5, 5.41) is 22.4. The van der Waals surface area contributed by atoms with Crippen LogP contribution in [0.2, 0.25) is 5.02 Å².